The van der Waals surface area contributed by atoms with Crippen LogP contribution in [-0.2, 0) is 19.4 Å². The number of ketones is 1. The fraction of sp³-hybridized carbons (Fsp3) is 0.364. The van der Waals surface area contributed by atoms with E-state index in [0.717, 1.165) is 11.1 Å². The molecular formula is C22H24O5S. The molecule has 1 fully saturated rings. The van der Waals surface area contributed by atoms with E-state index in [1.807, 2.05) is 26.0 Å². The van der Waals surface area contributed by atoms with Crippen LogP contribution in [0.15, 0.2) is 53.4 Å². The Labute approximate surface area is 165 Å². The number of benzene rings is 2. The summed E-state index contributed by atoms with van der Waals surface area (Å²) in [5.41, 5.74) is 2.21. The maximum absolute atomic E-state index is 13.2. The van der Waals surface area contributed by atoms with Crippen molar-refractivity contribution in [2.24, 2.45) is 0 Å². The van der Waals surface area contributed by atoms with Gasteiger partial charge in [-0.1, -0.05) is 48.7 Å². The zero-order valence-corrected chi connectivity index (χ0v) is 16.9. The van der Waals surface area contributed by atoms with Gasteiger partial charge in [-0.2, -0.15) is 0 Å². The van der Waals surface area contributed by atoms with Crippen molar-refractivity contribution in [3.63, 3.8) is 0 Å². The topological polar surface area (TPSA) is 77.5 Å². The summed E-state index contributed by atoms with van der Waals surface area (Å²) >= 11 is 0. The molecule has 0 bridgehead atoms. The van der Waals surface area contributed by atoms with Gasteiger partial charge in [0.05, 0.1) is 4.90 Å². The molecule has 0 atom stereocenters. The molecule has 0 aliphatic heterocycles. The van der Waals surface area contributed by atoms with Crippen molar-refractivity contribution in [1.29, 1.82) is 0 Å². The number of carbonyl (C=O) groups is 2. The molecule has 0 heterocycles. The van der Waals surface area contributed by atoms with Crippen molar-refractivity contribution >= 4 is 21.6 Å². The molecule has 0 spiro atoms. The zero-order valence-electron chi connectivity index (χ0n) is 16.1. The van der Waals surface area contributed by atoms with E-state index in [9.17, 15) is 18.0 Å². The number of ether oxygens (including phenoxy) is 1. The van der Waals surface area contributed by atoms with Gasteiger partial charge >= 0.3 is 5.97 Å². The third-order valence-electron chi connectivity index (χ3n) is 5.38. The van der Waals surface area contributed by atoms with E-state index in [1.165, 1.54) is 12.1 Å². The van der Waals surface area contributed by atoms with E-state index in [0.29, 0.717) is 18.4 Å². The molecule has 28 heavy (non-hydrogen) atoms. The van der Waals surface area contributed by atoms with Gasteiger partial charge in [-0.15, -0.1) is 0 Å². The highest BCUT2D eigenvalue weighted by molar-refractivity contribution is 7.93. The molecular weight excluding hydrogens is 376 g/mol. The second-order valence-electron chi connectivity index (χ2n) is 7.34. The van der Waals surface area contributed by atoms with Crippen LogP contribution in [0.1, 0.15) is 47.2 Å². The number of hydrogen-bond acceptors (Lipinski definition) is 5. The van der Waals surface area contributed by atoms with Gasteiger partial charge in [-0.3, -0.25) is 9.59 Å². The zero-order chi connectivity index (χ0) is 20.4. The van der Waals surface area contributed by atoms with E-state index in [2.05, 4.69) is 0 Å². The molecule has 0 N–H and O–H groups in total. The Balaban J connectivity index is 1.83. The Morgan fingerprint density at radius 1 is 1.00 bits per heavy atom. The number of hydrogen-bond donors (Lipinski definition) is 0. The minimum absolute atomic E-state index is 0.106. The van der Waals surface area contributed by atoms with Crippen LogP contribution in [0, 0.1) is 13.8 Å². The second kappa shape index (κ2) is 7.87. The summed E-state index contributed by atoms with van der Waals surface area (Å²) in [5.74, 6) is -1.16. The summed E-state index contributed by atoms with van der Waals surface area (Å²) in [6.45, 7) is 3.23. The lowest BCUT2D eigenvalue weighted by Gasteiger charge is -2.26. The minimum atomic E-state index is -3.91. The molecule has 1 aliphatic rings. The molecule has 0 aromatic heterocycles. The van der Waals surface area contributed by atoms with Crippen molar-refractivity contribution in [2.45, 2.75) is 49.2 Å². The Bertz CT molecular complexity index is 987. The minimum Gasteiger partial charge on any atom is -0.456 e. The Morgan fingerprint density at radius 3 is 2.29 bits per heavy atom. The summed E-state index contributed by atoms with van der Waals surface area (Å²) < 4.78 is 30.1. The molecule has 3 rings (SSSR count). The average molecular weight is 400 g/mol. The Kier molecular flexibility index (Phi) is 5.70. The maximum atomic E-state index is 13.2. The number of esters is 1. The van der Waals surface area contributed by atoms with Gasteiger partial charge in [-0.25, -0.2) is 8.42 Å². The molecule has 2 aromatic rings. The Morgan fingerprint density at radius 2 is 1.64 bits per heavy atom. The number of carbonyl (C=O) groups excluding carboxylic acids is 2. The first-order chi connectivity index (χ1) is 13.3. The third-order valence-corrected chi connectivity index (χ3v) is 7.88. The van der Waals surface area contributed by atoms with Crippen molar-refractivity contribution in [3.8, 4) is 0 Å². The molecule has 2 aromatic carbocycles. The van der Waals surface area contributed by atoms with E-state index >= 15 is 0 Å². The van der Waals surface area contributed by atoms with Crippen LogP contribution in [0.2, 0.25) is 0 Å². The van der Waals surface area contributed by atoms with Crippen LogP contribution in [0.3, 0.4) is 0 Å². The first-order valence-electron chi connectivity index (χ1n) is 9.35. The number of aryl methyl sites for hydroxylation is 2. The Hall–Kier alpha value is -2.47. The van der Waals surface area contributed by atoms with Gasteiger partial charge in [0.25, 0.3) is 0 Å². The number of sulfone groups is 1. The van der Waals surface area contributed by atoms with Crippen LogP contribution < -0.4 is 0 Å². The molecule has 0 saturated heterocycles. The highest BCUT2D eigenvalue weighted by Crippen LogP contribution is 2.41. The van der Waals surface area contributed by atoms with Crippen molar-refractivity contribution in [1.82, 2.24) is 0 Å². The van der Waals surface area contributed by atoms with E-state index in [4.69, 9.17) is 4.74 Å². The van der Waals surface area contributed by atoms with Gasteiger partial charge in [0.1, 0.15) is 0 Å². The normalized spacial score (nSPS) is 15.9. The largest absolute Gasteiger partial charge is 0.456 e. The highest BCUT2D eigenvalue weighted by Gasteiger charge is 2.54. The SMILES string of the molecule is Cc1ccc(C)c(C(=O)COC(=O)C2(S(=O)(=O)c3ccccc3)CCCC2)c1. The van der Waals surface area contributed by atoms with Crippen LogP contribution in [-0.4, -0.2) is 31.5 Å². The monoisotopic (exact) mass is 400 g/mol. The fourth-order valence-corrected chi connectivity index (χ4v) is 5.80. The van der Waals surface area contributed by atoms with Crippen LogP contribution in [0.4, 0.5) is 0 Å². The van der Waals surface area contributed by atoms with Crippen molar-refractivity contribution in [3.05, 3.63) is 65.2 Å². The fourth-order valence-electron chi connectivity index (χ4n) is 3.73. The summed E-state index contributed by atoms with van der Waals surface area (Å²) in [5, 5.41) is 0. The van der Waals surface area contributed by atoms with Crippen LogP contribution in [0.5, 0.6) is 0 Å². The van der Waals surface area contributed by atoms with E-state index in [-0.39, 0.29) is 23.5 Å². The summed E-state index contributed by atoms with van der Waals surface area (Å²) in [6, 6.07) is 13.4. The van der Waals surface area contributed by atoms with Crippen LogP contribution in [0.25, 0.3) is 0 Å². The number of Topliss-reactive ketones (excluding diaryl/α,β-unsaturated/α-hetero) is 1. The average Bonchev–Trinajstić information content (AvgIpc) is 3.20. The smallest absolute Gasteiger partial charge is 0.328 e. The van der Waals surface area contributed by atoms with Crippen molar-refractivity contribution < 1.29 is 22.7 Å². The van der Waals surface area contributed by atoms with Gasteiger partial charge in [-0.05, 0) is 50.5 Å². The number of rotatable bonds is 6. The van der Waals surface area contributed by atoms with E-state index < -0.39 is 27.2 Å². The van der Waals surface area contributed by atoms with Gasteiger partial charge in [0.15, 0.2) is 21.2 Å². The maximum Gasteiger partial charge on any atom is 0.328 e. The lowest BCUT2D eigenvalue weighted by molar-refractivity contribution is -0.145. The predicted molar refractivity (Wildman–Crippen MR) is 106 cm³/mol. The van der Waals surface area contributed by atoms with Gasteiger partial charge in [0.2, 0.25) is 5.78 Å². The van der Waals surface area contributed by atoms with E-state index in [1.54, 1.807) is 24.3 Å². The first-order valence-corrected chi connectivity index (χ1v) is 10.8. The highest BCUT2D eigenvalue weighted by atomic mass is 32.2. The molecule has 0 unspecified atom stereocenters. The first kappa shape index (κ1) is 20.3. The van der Waals surface area contributed by atoms with Crippen molar-refractivity contribution in [2.75, 3.05) is 6.61 Å². The quantitative estimate of drug-likeness (QED) is 0.544. The summed E-state index contributed by atoms with van der Waals surface area (Å²) in [4.78, 5) is 25.6. The lowest BCUT2D eigenvalue weighted by atomic mass is 10.0. The second-order valence-corrected chi connectivity index (χ2v) is 9.60. The molecule has 5 nitrogen and oxygen atoms in total. The molecule has 0 amide bonds. The predicted octanol–water partition coefficient (Wildman–Crippen LogP) is 3.82. The molecule has 148 valence electrons. The third kappa shape index (κ3) is 3.61. The van der Waals surface area contributed by atoms with Gasteiger partial charge < -0.3 is 4.74 Å². The summed E-state index contributed by atoms with van der Waals surface area (Å²) in [6.07, 6.45) is 1.68. The molecule has 1 aliphatic carbocycles. The lowest BCUT2D eigenvalue weighted by Crippen LogP contribution is -2.45. The molecule has 1 saturated carbocycles. The molecule has 0 radical (unpaired) electrons. The van der Waals surface area contributed by atoms with Crippen LogP contribution >= 0.6 is 0 Å². The van der Waals surface area contributed by atoms with Gasteiger partial charge in [0, 0.05) is 5.56 Å². The standard InChI is InChI=1S/C22H24O5S/c1-16-10-11-17(2)19(14-16)20(23)15-27-21(24)22(12-6-7-13-22)28(25,26)18-8-4-3-5-9-18/h3-5,8-11,14H,6-7,12-13,15H2,1-2H3. The molecule has 6 heteroatoms. The summed E-state index contributed by atoms with van der Waals surface area (Å²) in [7, 11) is -3.91.